The van der Waals surface area contributed by atoms with Crippen molar-refractivity contribution in [2.45, 2.75) is 26.2 Å². The molecular weight excluding hydrogens is 310 g/mol. The molecule has 0 aliphatic carbocycles. The molecule has 1 heterocycles. The normalized spacial score (nSPS) is 10.9. The smallest absolute Gasteiger partial charge is 0.261 e. The molecule has 0 radical (unpaired) electrons. The molecule has 0 saturated heterocycles. The molecule has 0 saturated carbocycles. The topological polar surface area (TPSA) is 44.5 Å². The Hall–Kier alpha value is -1.23. The fraction of sp³-hybridized carbons (Fsp3) is 0.500. The number of rotatable bonds is 7. The molecule has 0 amide bonds. The Morgan fingerprint density at radius 3 is 2.89 bits per heavy atom. The monoisotopic (exact) mass is 327 g/mol. The molecule has 0 aliphatic rings. The number of halogens is 1. The van der Waals surface area contributed by atoms with Gasteiger partial charge in [-0.25, -0.2) is 0 Å². The van der Waals surface area contributed by atoms with E-state index in [9.17, 15) is 0 Å². The average Bonchev–Trinajstić information content (AvgIpc) is 2.84. The molecule has 0 N–H and O–H groups in total. The zero-order valence-electron chi connectivity index (χ0n) is 11.2. The van der Waals surface area contributed by atoms with Crippen molar-refractivity contribution in [3.63, 3.8) is 0 Å². The third-order valence-electron chi connectivity index (χ3n) is 2.90. The van der Waals surface area contributed by atoms with Crippen molar-refractivity contribution in [3.8, 4) is 11.6 Å². The van der Waals surface area contributed by atoms with Crippen LogP contribution in [-0.2, 0) is 6.42 Å². The summed E-state index contributed by atoms with van der Waals surface area (Å²) in [4.78, 5) is 0. The number of methoxy groups -OCH3 is 1. The Kier molecular flexibility index (Phi) is 5.07. The fourth-order valence-electron chi connectivity index (χ4n) is 2.02. The molecule has 5 heteroatoms. The van der Waals surface area contributed by atoms with E-state index in [1.54, 1.807) is 7.11 Å². The van der Waals surface area contributed by atoms with Crippen molar-refractivity contribution < 1.29 is 14.0 Å². The lowest BCUT2D eigenvalue weighted by molar-refractivity contribution is 0.314. The fourth-order valence-corrected chi connectivity index (χ4v) is 2.25. The molecule has 1 aromatic heterocycles. The second-order valence-electron chi connectivity index (χ2n) is 4.25. The van der Waals surface area contributed by atoms with Crippen LogP contribution in [-0.4, -0.2) is 24.2 Å². The van der Waals surface area contributed by atoms with E-state index in [4.69, 9.17) is 14.0 Å². The number of hydrogen-bond donors (Lipinski definition) is 0. The molecule has 0 bridgehead atoms. The zero-order chi connectivity index (χ0) is 13.7. The van der Waals surface area contributed by atoms with Gasteiger partial charge in [0.25, 0.3) is 5.88 Å². The number of nitrogens with zero attached hydrogens (tertiary/aromatic N) is 1. The highest BCUT2D eigenvalue weighted by molar-refractivity contribution is 9.09. The van der Waals surface area contributed by atoms with E-state index in [0.29, 0.717) is 12.5 Å². The lowest BCUT2D eigenvalue weighted by Gasteiger charge is -2.10. The summed E-state index contributed by atoms with van der Waals surface area (Å²) in [6.07, 6.45) is 2.90. The van der Waals surface area contributed by atoms with Crippen LogP contribution in [0.1, 0.15) is 25.3 Å². The summed E-state index contributed by atoms with van der Waals surface area (Å²) in [5, 5.41) is 5.77. The Morgan fingerprint density at radius 2 is 2.21 bits per heavy atom. The maximum absolute atomic E-state index is 5.82. The van der Waals surface area contributed by atoms with Gasteiger partial charge in [0, 0.05) is 10.9 Å². The number of aryl methyl sites for hydroxylation is 1. The zero-order valence-corrected chi connectivity index (χ0v) is 12.8. The molecule has 19 heavy (non-hydrogen) atoms. The summed E-state index contributed by atoms with van der Waals surface area (Å²) < 4.78 is 16.4. The van der Waals surface area contributed by atoms with Gasteiger partial charge in [0.2, 0.25) is 0 Å². The first-order chi connectivity index (χ1) is 9.31. The standard InChI is InChI=1S/C14H18BrNO3/c1-3-5-10-12(18-9-4-8-15)7-6-11-13(10)19-16-14(11)17-2/h6-7H,3-5,8-9H2,1-2H3. The van der Waals surface area contributed by atoms with Crippen LogP contribution in [0.25, 0.3) is 11.0 Å². The van der Waals surface area contributed by atoms with Gasteiger partial charge in [0.05, 0.1) is 19.1 Å². The van der Waals surface area contributed by atoms with Crippen molar-refractivity contribution in [2.75, 3.05) is 19.0 Å². The van der Waals surface area contributed by atoms with Crippen LogP contribution < -0.4 is 9.47 Å². The molecule has 0 atom stereocenters. The molecule has 1 aromatic carbocycles. The third-order valence-corrected chi connectivity index (χ3v) is 3.46. The van der Waals surface area contributed by atoms with E-state index in [1.807, 2.05) is 12.1 Å². The maximum Gasteiger partial charge on any atom is 0.261 e. The van der Waals surface area contributed by atoms with Gasteiger partial charge in [-0.15, -0.1) is 0 Å². The van der Waals surface area contributed by atoms with Crippen LogP contribution in [0.2, 0.25) is 0 Å². The van der Waals surface area contributed by atoms with Gasteiger partial charge in [0.15, 0.2) is 5.58 Å². The predicted molar refractivity (Wildman–Crippen MR) is 78.5 cm³/mol. The molecule has 0 unspecified atom stereocenters. The van der Waals surface area contributed by atoms with Crippen molar-refractivity contribution in [1.82, 2.24) is 5.16 Å². The molecule has 0 fully saturated rings. The van der Waals surface area contributed by atoms with Crippen LogP contribution in [0.4, 0.5) is 0 Å². The first-order valence-corrected chi connectivity index (χ1v) is 7.58. The molecule has 2 aromatic rings. The van der Waals surface area contributed by atoms with Gasteiger partial charge in [-0.3, -0.25) is 0 Å². The van der Waals surface area contributed by atoms with Crippen LogP contribution in [0.3, 0.4) is 0 Å². The van der Waals surface area contributed by atoms with Gasteiger partial charge in [-0.1, -0.05) is 29.3 Å². The summed E-state index contributed by atoms with van der Waals surface area (Å²) in [5.74, 6) is 1.41. The third kappa shape index (κ3) is 3.03. The highest BCUT2D eigenvalue weighted by atomic mass is 79.9. The van der Waals surface area contributed by atoms with E-state index in [1.165, 1.54) is 0 Å². The SMILES string of the molecule is CCCc1c(OCCCBr)ccc2c(OC)noc12. The number of alkyl halides is 1. The Balaban J connectivity index is 2.37. The number of ether oxygens (including phenoxy) is 2. The Morgan fingerprint density at radius 1 is 1.37 bits per heavy atom. The minimum Gasteiger partial charge on any atom is -0.493 e. The highest BCUT2D eigenvalue weighted by Crippen LogP contribution is 2.34. The van der Waals surface area contributed by atoms with Crippen LogP contribution in [0.15, 0.2) is 16.7 Å². The Labute approximate surface area is 121 Å². The summed E-state index contributed by atoms with van der Waals surface area (Å²) >= 11 is 3.40. The summed E-state index contributed by atoms with van der Waals surface area (Å²) in [6.45, 7) is 2.83. The van der Waals surface area contributed by atoms with Gasteiger partial charge in [0.1, 0.15) is 5.75 Å². The second-order valence-corrected chi connectivity index (χ2v) is 5.04. The van der Waals surface area contributed by atoms with Crippen molar-refractivity contribution in [3.05, 3.63) is 17.7 Å². The number of fused-ring (bicyclic) bond motifs is 1. The van der Waals surface area contributed by atoms with Gasteiger partial charge in [-0.05, 0) is 30.1 Å². The number of hydrogen-bond acceptors (Lipinski definition) is 4. The van der Waals surface area contributed by atoms with E-state index >= 15 is 0 Å². The van der Waals surface area contributed by atoms with Gasteiger partial charge < -0.3 is 14.0 Å². The number of benzene rings is 1. The van der Waals surface area contributed by atoms with Crippen LogP contribution in [0, 0.1) is 0 Å². The molecular formula is C14H18BrNO3. The largest absolute Gasteiger partial charge is 0.493 e. The maximum atomic E-state index is 5.82. The molecule has 4 nitrogen and oxygen atoms in total. The highest BCUT2D eigenvalue weighted by Gasteiger charge is 2.16. The van der Waals surface area contributed by atoms with E-state index in [-0.39, 0.29) is 0 Å². The number of aromatic nitrogens is 1. The predicted octanol–water partition coefficient (Wildman–Crippen LogP) is 3.95. The average molecular weight is 328 g/mol. The first-order valence-electron chi connectivity index (χ1n) is 6.45. The minimum absolute atomic E-state index is 0.527. The lowest BCUT2D eigenvalue weighted by atomic mass is 10.1. The van der Waals surface area contributed by atoms with E-state index < -0.39 is 0 Å². The van der Waals surface area contributed by atoms with Gasteiger partial charge >= 0.3 is 0 Å². The second kappa shape index (κ2) is 6.80. The van der Waals surface area contributed by atoms with E-state index in [2.05, 4.69) is 28.0 Å². The van der Waals surface area contributed by atoms with Gasteiger partial charge in [-0.2, -0.15) is 0 Å². The van der Waals surface area contributed by atoms with Crippen molar-refractivity contribution >= 4 is 26.9 Å². The summed E-state index contributed by atoms with van der Waals surface area (Å²) in [5.41, 5.74) is 1.85. The molecule has 0 spiro atoms. The molecule has 0 aliphatic heterocycles. The summed E-state index contributed by atoms with van der Waals surface area (Å²) in [6, 6.07) is 3.91. The van der Waals surface area contributed by atoms with Crippen LogP contribution >= 0.6 is 15.9 Å². The van der Waals surface area contributed by atoms with E-state index in [0.717, 1.165) is 46.9 Å². The molecule has 2 rings (SSSR count). The Bertz CT molecular complexity index is 539. The molecule has 104 valence electrons. The lowest BCUT2D eigenvalue weighted by Crippen LogP contribution is -2.01. The first kappa shape index (κ1) is 14.2. The van der Waals surface area contributed by atoms with Crippen LogP contribution in [0.5, 0.6) is 11.6 Å². The quantitative estimate of drug-likeness (QED) is 0.570. The minimum atomic E-state index is 0.527. The summed E-state index contributed by atoms with van der Waals surface area (Å²) in [7, 11) is 1.59. The van der Waals surface area contributed by atoms with Crippen molar-refractivity contribution in [1.29, 1.82) is 0 Å². The van der Waals surface area contributed by atoms with Crippen molar-refractivity contribution in [2.24, 2.45) is 0 Å².